The van der Waals surface area contributed by atoms with Gasteiger partial charge in [0.05, 0.1) is 0 Å². The maximum Gasteiger partial charge on any atom is 0.387 e. The van der Waals surface area contributed by atoms with Crippen molar-refractivity contribution in [2.24, 2.45) is 29.6 Å². The minimum atomic E-state index is -2.75. The third-order valence-corrected chi connectivity index (χ3v) is 13.8. The van der Waals surface area contributed by atoms with Gasteiger partial charge >= 0.3 is 13.2 Å². The number of aryl methyl sites for hydroxylation is 1. The highest BCUT2D eigenvalue weighted by Gasteiger charge is 2.46. The van der Waals surface area contributed by atoms with Gasteiger partial charge in [-0.15, -0.1) is 0 Å². The summed E-state index contributed by atoms with van der Waals surface area (Å²) in [4.78, 5) is 0. The van der Waals surface area contributed by atoms with E-state index in [0.29, 0.717) is 46.5 Å². The van der Waals surface area contributed by atoms with Crippen LogP contribution < -0.4 is 9.47 Å². The molecule has 0 fully saturated rings. The van der Waals surface area contributed by atoms with Gasteiger partial charge in [0.1, 0.15) is 11.5 Å². The third kappa shape index (κ3) is 9.96. The SMILES string of the molecule is C.C=C(C)c1cccc2c1CCC2(C(C)C)C(C)C.CC.CC(C)C1(C(C)C)CCc2c(OC(F)F)cccc21.CC(C)C1(C)CCc2cccc(OC(F)F)c21. The number of allylic oxidation sites excluding steroid dienone is 1. The Morgan fingerprint density at radius 2 is 1.00 bits per heavy atom. The number of hydrogen-bond acceptors (Lipinski definition) is 2. The lowest BCUT2D eigenvalue weighted by Gasteiger charge is -2.39. The van der Waals surface area contributed by atoms with E-state index in [0.717, 1.165) is 42.4 Å². The highest BCUT2D eigenvalue weighted by Crippen LogP contribution is 2.53. The van der Waals surface area contributed by atoms with Crippen LogP contribution in [0.3, 0.4) is 0 Å². The zero-order valence-corrected chi connectivity index (χ0v) is 37.0. The summed E-state index contributed by atoms with van der Waals surface area (Å²) in [5, 5.41) is 0. The quantitative estimate of drug-likeness (QED) is 0.190. The molecule has 0 saturated carbocycles. The Kier molecular flexibility index (Phi) is 18.0. The molecule has 320 valence electrons. The van der Waals surface area contributed by atoms with Gasteiger partial charge < -0.3 is 9.47 Å². The van der Waals surface area contributed by atoms with Crippen LogP contribution in [0.5, 0.6) is 11.5 Å². The van der Waals surface area contributed by atoms with Crippen LogP contribution in [0.25, 0.3) is 5.57 Å². The van der Waals surface area contributed by atoms with Crippen molar-refractivity contribution in [1.82, 2.24) is 0 Å². The number of benzene rings is 3. The Labute approximate surface area is 345 Å². The van der Waals surface area contributed by atoms with Crippen molar-refractivity contribution in [3.8, 4) is 11.5 Å². The fraction of sp³-hybridized carbons (Fsp3) is 0.608. The van der Waals surface area contributed by atoms with Crippen molar-refractivity contribution >= 4 is 5.57 Å². The summed E-state index contributed by atoms with van der Waals surface area (Å²) < 4.78 is 59.1. The average Bonchev–Trinajstić information content (AvgIpc) is 3.83. The van der Waals surface area contributed by atoms with Crippen LogP contribution in [0.4, 0.5) is 17.6 Å². The predicted molar refractivity (Wildman–Crippen MR) is 235 cm³/mol. The number of halogens is 4. The Bertz CT molecular complexity index is 1720. The molecule has 3 aliphatic rings. The van der Waals surface area contributed by atoms with Gasteiger partial charge in [-0.1, -0.05) is 152 Å². The molecule has 1 atom stereocenters. The van der Waals surface area contributed by atoms with Crippen molar-refractivity contribution in [3.05, 3.63) is 100 Å². The summed E-state index contributed by atoms with van der Waals surface area (Å²) in [7, 11) is 0. The van der Waals surface area contributed by atoms with E-state index in [1.807, 2.05) is 26.0 Å². The van der Waals surface area contributed by atoms with Gasteiger partial charge in [0.25, 0.3) is 0 Å². The molecule has 0 saturated heterocycles. The van der Waals surface area contributed by atoms with Crippen molar-refractivity contribution < 1.29 is 27.0 Å². The third-order valence-electron chi connectivity index (χ3n) is 13.8. The number of hydrogen-bond donors (Lipinski definition) is 0. The average molecular weight is 797 g/mol. The second-order valence-electron chi connectivity index (χ2n) is 17.7. The molecule has 0 aliphatic heterocycles. The monoisotopic (exact) mass is 797 g/mol. The van der Waals surface area contributed by atoms with Gasteiger partial charge in [0.15, 0.2) is 0 Å². The van der Waals surface area contributed by atoms with Crippen molar-refractivity contribution in [2.45, 2.75) is 172 Å². The first kappa shape index (κ1) is 49.9. The van der Waals surface area contributed by atoms with E-state index >= 15 is 0 Å². The summed E-state index contributed by atoms with van der Waals surface area (Å²) in [5.41, 5.74) is 10.4. The molecule has 0 bridgehead atoms. The minimum Gasteiger partial charge on any atom is -0.435 e. The molecule has 1 unspecified atom stereocenters. The van der Waals surface area contributed by atoms with E-state index in [1.54, 1.807) is 29.3 Å². The highest BCUT2D eigenvalue weighted by molar-refractivity contribution is 5.67. The summed E-state index contributed by atoms with van der Waals surface area (Å²) >= 11 is 0. The molecule has 2 nitrogen and oxygen atoms in total. The van der Waals surface area contributed by atoms with Crippen LogP contribution in [0.2, 0.25) is 0 Å². The van der Waals surface area contributed by atoms with Gasteiger partial charge in [0, 0.05) is 16.4 Å². The lowest BCUT2D eigenvalue weighted by molar-refractivity contribution is -0.0515. The van der Waals surface area contributed by atoms with Crippen LogP contribution in [-0.4, -0.2) is 13.2 Å². The maximum atomic E-state index is 12.5. The Morgan fingerprint density at radius 1 is 0.579 bits per heavy atom. The van der Waals surface area contributed by atoms with E-state index in [4.69, 9.17) is 0 Å². The molecule has 3 aromatic carbocycles. The van der Waals surface area contributed by atoms with Crippen LogP contribution in [-0.2, 0) is 35.5 Å². The van der Waals surface area contributed by atoms with Crippen molar-refractivity contribution in [3.63, 3.8) is 0 Å². The Hall–Kier alpha value is -3.28. The van der Waals surface area contributed by atoms with Gasteiger partial charge in [-0.05, 0) is 126 Å². The molecule has 6 heteroatoms. The molecular formula is C51H76F4O2. The molecule has 3 aromatic rings. The molecule has 0 heterocycles. The molecule has 0 N–H and O–H groups in total. The normalized spacial score (nSPS) is 18.3. The predicted octanol–water partition coefficient (Wildman–Crippen LogP) is 15.8. The number of ether oxygens (including phenoxy) is 2. The largest absolute Gasteiger partial charge is 0.435 e. The first-order chi connectivity index (χ1) is 26.2. The number of alkyl halides is 4. The van der Waals surface area contributed by atoms with Crippen LogP contribution in [0.15, 0.2) is 61.2 Å². The van der Waals surface area contributed by atoms with Gasteiger partial charge in [-0.25, -0.2) is 0 Å². The minimum absolute atomic E-state index is 0. The lowest BCUT2D eigenvalue weighted by atomic mass is 9.65. The van der Waals surface area contributed by atoms with E-state index in [2.05, 4.69) is 123 Å². The summed E-state index contributed by atoms with van der Waals surface area (Å²) in [5.74, 6) is 3.47. The van der Waals surface area contributed by atoms with E-state index < -0.39 is 13.2 Å². The fourth-order valence-electron chi connectivity index (χ4n) is 10.5. The smallest absolute Gasteiger partial charge is 0.387 e. The first-order valence-corrected chi connectivity index (χ1v) is 21.2. The second kappa shape index (κ2) is 20.6. The van der Waals surface area contributed by atoms with Gasteiger partial charge in [-0.3, -0.25) is 0 Å². The Balaban J connectivity index is 0.000000286. The van der Waals surface area contributed by atoms with Gasteiger partial charge in [0.2, 0.25) is 0 Å². The number of fused-ring (bicyclic) bond motifs is 3. The van der Waals surface area contributed by atoms with Crippen molar-refractivity contribution in [2.75, 3.05) is 0 Å². The zero-order valence-electron chi connectivity index (χ0n) is 37.0. The molecule has 0 aromatic heterocycles. The summed E-state index contributed by atoms with van der Waals surface area (Å²) in [6, 6.07) is 17.8. The first-order valence-electron chi connectivity index (χ1n) is 21.2. The molecule has 0 amide bonds. The van der Waals surface area contributed by atoms with E-state index in [9.17, 15) is 17.6 Å². The maximum absolute atomic E-state index is 12.5. The zero-order chi connectivity index (χ0) is 42.3. The second-order valence-corrected chi connectivity index (χ2v) is 17.7. The van der Waals surface area contributed by atoms with Crippen LogP contribution in [0, 0.1) is 29.6 Å². The molecular weight excluding hydrogens is 721 g/mol. The van der Waals surface area contributed by atoms with Crippen LogP contribution in [0.1, 0.15) is 163 Å². The molecule has 0 radical (unpaired) electrons. The Morgan fingerprint density at radius 3 is 1.46 bits per heavy atom. The summed E-state index contributed by atoms with van der Waals surface area (Å²) in [6.07, 6.45) is 6.31. The standard InChI is InChI=1S/C18H26.C16H22F2O.C14H18F2O.C2H6.CH4/c1-12(2)15-8-7-9-17-16(15)10-11-18(17,13(3)4)14(5)6;1-10(2)16(11(3)4)9-8-12-13(16)6-5-7-14(12)19-15(17)18;1-9(2)14(3)8-7-10-5-4-6-11(12(10)14)17-13(15)16;1-2;/h7-9,13-14H,1,10-11H2,2-6H3;5-7,10-11,15H,8-9H2,1-4H3;4-6,9,13H,7-8H2,1-3H3;1-2H3;1H4. The van der Waals surface area contributed by atoms with Crippen molar-refractivity contribution in [1.29, 1.82) is 0 Å². The summed E-state index contributed by atoms with van der Waals surface area (Å²) in [6.45, 7) is 29.6. The molecule has 57 heavy (non-hydrogen) atoms. The topological polar surface area (TPSA) is 18.5 Å². The van der Waals surface area contributed by atoms with E-state index in [1.165, 1.54) is 29.5 Å². The lowest BCUT2D eigenvalue weighted by Crippen LogP contribution is -2.35. The molecule has 3 aliphatic carbocycles. The molecule has 6 rings (SSSR count). The van der Waals surface area contributed by atoms with Crippen LogP contribution >= 0.6 is 0 Å². The molecule has 0 spiro atoms. The van der Waals surface area contributed by atoms with E-state index in [-0.39, 0.29) is 18.3 Å². The fourth-order valence-corrected chi connectivity index (χ4v) is 10.5. The number of rotatable bonds is 10. The van der Waals surface area contributed by atoms with Gasteiger partial charge in [-0.2, -0.15) is 17.6 Å². The highest BCUT2D eigenvalue weighted by atomic mass is 19.3.